The highest BCUT2D eigenvalue weighted by molar-refractivity contribution is 5.95. The van der Waals surface area contributed by atoms with Gasteiger partial charge in [-0.25, -0.2) is 4.79 Å². The van der Waals surface area contributed by atoms with Crippen molar-refractivity contribution < 1.29 is 19.2 Å². The van der Waals surface area contributed by atoms with Gasteiger partial charge in [0.1, 0.15) is 0 Å². The molecule has 0 aromatic carbocycles. The Morgan fingerprint density at radius 3 is 2.84 bits per heavy atom. The molecule has 2 unspecified atom stereocenters. The van der Waals surface area contributed by atoms with E-state index in [2.05, 4.69) is 9.68 Å². The molecule has 102 valence electrons. The molecule has 2 aliphatic rings. The number of carboxylic acids is 1. The fourth-order valence-corrected chi connectivity index (χ4v) is 3.28. The van der Waals surface area contributed by atoms with Crippen molar-refractivity contribution in [2.75, 3.05) is 6.54 Å². The molecule has 2 fully saturated rings. The number of aromatic nitrogens is 1. The number of aromatic carboxylic acids is 1. The molecular formula is C13H16N2O4. The van der Waals surface area contributed by atoms with Crippen LogP contribution in [0.1, 0.15) is 53.1 Å². The number of carbonyl (C=O) groups excluding carboxylic acids is 1. The quantitative estimate of drug-likeness (QED) is 0.880. The molecule has 1 aliphatic carbocycles. The first-order chi connectivity index (χ1) is 9.16. The van der Waals surface area contributed by atoms with Crippen molar-refractivity contribution in [3.63, 3.8) is 0 Å². The van der Waals surface area contributed by atoms with Gasteiger partial charge in [0.05, 0.1) is 0 Å². The van der Waals surface area contributed by atoms with Crippen LogP contribution in [0.3, 0.4) is 0 Å². The Balaban J connectivity index is 1.77. The second kappa shape index (κ2) is 4.68. The van der Waals surface area contributed by atoms with Crippen molar-refractivity contribution in [1.29, 1.82) is 0 Å². The van der Waals surface area contributed by atoms with Crippen molar-refractivity contribution in [2.45, 2.75) is 38.1 Å². The number of hydrogen-bond donors (Lipinski definition) is 1. The topological polar surface area (TPSA) is 83.6 Å². The van der Waals surface area contributed by atoms with Crippen LogP contribution in [0.15, 0.2) is 10.6 Å². The number of fused-ring (bicyclic) bond motifs is 1. The predicted molar refractivity (Wildman–Crippen MR) is 64.9 cm³/mol. The molecule has 1 N–H and O–H groups in total. The van der Waals surface area contributed by atoms with Gasteiger partial charge >= 0.3 is 5.97 Å². The first kappa shape index (κ1) is 12.2. The van der Waals surface area contributed by atoms with Crippen LogP contribution in [-0.4, -0.2) is 39.6 Å². The second-order valence-electron chi connectivity index (χ2n) is 5.28. The van der Waals surface area contributed by atoms with Gasteiger partial charge < -0.3 is 14.5 Å². The van der Waals surface area contributed by atoms with Gasteiger partial charge in [0, 0.05) is 18.7 Å². The normalized spacial score (nSPS) is 26.2. The molecule has 0 spiro atoms. The molecule has 2 atom stereocenters. The number of amides is 1. The third-order valence-corrected chi connectivity index (χ3v) is 4.21. The van der Waals surface area contributed by atoms with Gasteiger partial charge in [-0.05, 0) is 25.2 Å². The lowest BCUT2D eigenvalue weighted by atomic mass is 9.85. The van der Waals surface area contributed by atoms with Gasteiger partial charge in [-0.3, -0.25) is 4.79 Å². The molecule has 1 saturated heterocycles. The standard InChI is InChI=1S/C13H16N2O4/c16-12(9-7-11(13(17)18)19-14-9)15-6-5-8-3-1-2-4-10(8)15/h7-8,10H,1-6H2,(H,17,18). The Bertz CT molecular complexity index is 510. The van der Waals surface area contributed by atoms with E-state index in [1.165, 1.54) is 18.9 Å². The predicted octanol–water partition coefficient (Wildman–Crippen LogP) is 1.78. The monoisotopic (exact) mass is 264 g/mol. The van der Waals surface area contributed by atoms with E-state index in [4.69, 9.17) is 5.11 Å². The van der Waals surface area contributed by atoms with Crippen molar-refractivity contribution in [3.05, 3.63) is 17.5 Å². The van der Waals surface area contributed by atoms with Gasteiger partial charge in [0.25, 0.3) is 5.91 Å². The highest BCUT2D eigenvalue weighted by atomic mass is 16.5. The summed E-state index contributed by atoms with van der Waals surface area (Å²) in [5, 5.41) is 12.3. The van der Waals surface area contributed by atoms with Crippen molar-refractivity contribution in [3.8, 4) is 0 Å². The van der Waals surface area contributed by atoms with Gasteiger partial charge in [-0.2, -0.15) is 0 Å². The van der Waals surface area contributed by atoms with Crippen molar-refractivity contribution in [1.82, 2.24) is 10.1 Å². The van der Waals surface area contributed by atoms with Gasteiger partial charge in [0.2, 0.25) is 5.76 Å². The Morgan fingerprint density at radius 1 is 1.32 bits per heavy atom. The molecule has 2 heterocycles. The Labute approximate surface area is 110 Å². The van der Waals surface area contributed by atoms with Crippen LogP contribution >= 0.6 is 0 Å². The fourth-order valence-electron chi connectivity index (χ4n) is 3.28. The summed E-state index contributed by atoms with van der Waals surface area (Å²) in [6.07, 6.45) is 5.67. The zero-order chi connectivity index (χ0) is 13.4. The average molecular weight is 264 g/mol. The van der Waals surface area contributed by atoms with Crippen LogP contribution in [0.25, 0.3) is 0 Å². The maximum atomic E-state index is 12.3. The van der Waals surface area contributed by atoms with E-state index in [1.54, 1.807) is 0 Å². The number of carboxylic acid groups (broad SMARTS) is 1. The van der Waals surface area contributed by atoms with E-state index < -0.39 is 5.97 Å². The molecule has 3 rings (SSSR count). The summed E-state index contributed by atoms with van der Waals surface area (Å²) in [6, 6.07) is 1.51. The zero-order valence-electron chi connectivity index (χ0n) is 10.5. The summed E-state index contributed by atoms with van der Waals surface area (Å²) in [5.41, 5.74) is 0.101. The SMILES string of the molecule is O=C(O)c1cc(C(=O)N2CCC3CCCCC32)no1. The minimum Gasteiger partial charge on any atom is -0.475 e. The molecule has 1 saturated carbocycles. The Hall–Kier alpha value is -1.85. The second-order valence-corrected chi connectivity index (χ2v) is 5.28. The lowest BCUT2D eigenvalue weighted by Gasteiger charge is -2.31. The highest BCUT2D eigenvalue weighted by Crippen LogP contribution is 2.36. The van der Waals surface area contributed by atoms with Gasteiger partial charge in [0.15, 0.2) is 5.69 Å². The lowest BCUT2D eigenvalue weighted by molar-refractivity contribution is 0.0642. The maximum Gasteiger partial charge on any atom is 0.374 e. The molecule has 1 aromatic rings. The zero-order valence-corrected chi connectivity index (χ0v) is 10.5. The number of carbonyl (C=O) groups is 2. The van der Waals surface area contributed by atoms with E-state index in [1.807, 2.05) is 4.90 Å². The van der Waals surface area contributed by atoms with Crippen molar-refractivity contribution in [2.24, 2.45) is 5.92 Å². The average Bonchev–Trinajstić information content (AvgIpc) is 3.05. The van der Waals surface area contributed by atoms with E-state index >= 15 is 0 Å². The number of nitrogens with zero attached hydrogens (tertiary/aromatic N) is 2. The van der Waals surface area contributed by atoms with E-state index in [-0.39, 0.29) is 17.4 Å². The van der Waals surface area contributed by atoms with Crippen molar-refractivity contribution >= 4 is 11.9 Å². The van der Waals surface area contributed by atoms with E-state index in [9.17, 15) is 9.59 Å². The van der Waals surface area contributed by atoms with Crippen LogP contribution < -0.4 is 0 Å². The van der Waals surface area contributed by atoms with Crippen LogP contribution in [0.2, 0.25) is 0 Å². The Kier molecular flexibility index (Phi) is 3.00. The Morgan fingerprint density at radius 2 is 2.11 bits per heavy atom. The van der Waals surface area contributed by atoms with Gasteiger partial charge in [-0.1, -0.05) is 18.0 Å². The molecule has 1 amide bonds. The number of rotatable bonds is 2. The first-order valence-corrected chi connectivity index (χ1v) is 6.68. The largest absolute Gasteiger partial charge is 0.475 e. The number of hydrogen-bond acceptors (Lipinski definition) is 4. The molecule has 6 nitrogen and oxygen atoms in total. The molecular weight excluding hydrogens is 248 g/mol. The highest BCUT2D eigenvalue weighted by Gasteiger charge is 2.39. The summed E-state index contributed by atoms with van der Waals surface area (Å²) in [6.45, 7) is 0.740. The first-order valence-electron chi connectivity index (χ1n) is 6.68. The summed E-state index contributed by atoms with van der Waals surface area (Å²) in [7, 11) is 0. The molecule has 19 heavy (non-hydrogen) atoms. The smallest absolute Gasteiger partial charge is 0.374 e. The molecule has 0 radical (unpaired) electrons. The maximum absolute atomic E-state index is 12.3. The lowest BCUT2D eigenvalue weighted by Crippen LogP contribution is -2.39. The minimum atomic E-state index is -1.21. The summed E-state index contributed by atoms with van der Waals surface area (Å²) in [4.78, 5) is 24.9. The van der Waals surface area contributed by atoms with Crippen LogP contribution in [-0.2, 0) is 0 Å². The summed E-state index contributed by atoms with van der Waals surface area (Å²) < 4.78 is 4.65. The molecule has 6 heteroatoms. The minimum absolute atomic E-state index is 0.101. The third-order valence-electron chi connectivity index (χ3n) is 4.21. The van der Waals surface area contributed by atoms with Crippen LogP contribution in [0.5, 0.6) is 0 Å². The third kappa shape index (κ3) is 2.11. The summed E-state index contributed by atoms with van der Waals surface area (Å²) >= 11 is 0. The summed E-state index contributed by atoms with van der Waals surface area (Å²) in [5.74, 6) is -1.10. The molecule has 1 aliphatic heterocycles. The van der Waals surface area contributed by atoms with Crippen LogP contribution in [0, 0.1) is 5.92 Å². The molecule has 1 aromatic heterocycles. The van der Waals surface area contributed by atoms with E-state index in [0.717, 1.165) is 25.8 Å². The van der Waals surface area contributed by atoms with Gasteiger partial charge in [-0.15, -0.1) is 0 Å². The van der Waals surface area contributed by atoms with Crippen LogP contribution in [0.4, 0.5) is 0 Å². The fraction of sp³-hybridized carbons (Fsp3) is 0.615. The molecule has 0 bridgehead atoms. The number of likely N-dealkylation sites (tertiary alicyclic amines) is 1. The van der Waals surface area contributed by atoms with E-state index in [0.29, 0.717) is 12.0 Å².